The van der Waals surface area contributed by atoms with Gasteiger partial charge in [-0.3, -0.25) is 14.5 Å². The highest BCUT2D eigenvalue weighted by atomic mass is 32.1. The van der Waals surface area contributed by atoms with Crippen LogP contribution in [0.5, 0.6) is 5.75 Å². The van der Waals surface area contributed by atoms with Gasteiger partial charge in [-0.2, -0.15) is 0 Å². The van der Waals surface area contributed by atoms with Crippen LogP contribution in [0.2, 0.25) is 0 Å². The number of likely N-dealkylation sites (N-methyl/N-ethyl adjacent to an activating group) is 1. The smallest absolute Gasteiger partial charge is 0.300 e. The number of carbonyl (C=O) groups excluding carboxylic acids is 2. The van der Waals surface area contributed by atoms with Crippen LogP contribution in [-0.2, 0) is 15.0 Å². The first-order valence-electron chi connectivity index (χ1n) is 13.2. The molecule has 1 atom stereocenters. The van der Waals surface area contributed by atoms with E-state index in [4.69, 9.17) is 4.74 Å². The van der Waals surface area contributed by atoms with Crippen molar-refractivity contribution in [1.29, 1.82) is 0 Å². The third kappa shape index (κ3) is 5.06. The molecule has 1 amide bonds. The molecule has 8 heteroatoms. The summed E-state index contributed by atoms with van der Waals surface area (Å²) in [5, 5.41) is 13.6. The van der Waals surface area contributed by atoms with Crippen LogP contribution in [0.4, 0.5) is 11.4 Å². The van der Waals surface area contributed by atoms with Gasteiger partial charge in [-0.1, -0.05) is 32.9 Å². The SMILES string of the molecule is COc1ccc(C(C)(C)C)cc1/C(O)=C1\C(=O)C(=O)N(c2ccc(N3CCN(C)CC3)cc2)C1c1cccs1. The molecule has 3 heterocycles. The highest BCUT2D eigenvalue weighted by Gasteiger charge is 2.47. The van der Waals surface area contributed by atoms with Gasteiger partial charge in [-0.05, 0) is 65.9 Å². The first-order valence-corrected chi connectivity index (χ1v) is 14.0. The monoisotopic (exact) mass is 545 g/mol. The average Bonchev–Trinajstić information content (AvgIpc) is 3.55. The number of nitrogens with zero attached hydrogens (tertiary/aromatic N) is 3. The molecule has 2 saturated heterocycles. The molecule has 2 aliphatic rings. The Balaban J connectivity index is 1.60. The predicted octanol–water partition coefficient (Wildman–Crippen LogP) is 5.43. The standard InChI is InChI=1S/C31H35N3O4S/c1-31(2,3)20-8-13-24(38-5)23(19-20)28(35)26-27(25-7-6-18-39-25)34(30(37)29(26)36)22-11-9-21(10-12-22)33-16-14-32(4)15-17-33/h6-13,18-19,27,35H,14-17H2,1-5H3/b28-26+. The zero-order chi connectivity index (χ0) is 27.9. The fourth-order valence-electron chi connectivity index (χ4n) is 5.21. The maximum absolute atomic E-state index is 13.6. The molecule has 0 radical (unpaired) electrons. The number of ketones is 1. The Morgan fingerprint density at radius 1 is 0.974 bits per heavy atom. The van der Waals surface area contributed by atoms with Crippen molar-refractivity contribution in [3.63, 3.8) is 0 Å². The van der Waals surface area contributed by atoms with Crippen LogP contribution in [0.3, 0.4) is 0 Å². The van der Waals surface area contributed by atoms with Crippen molar-refractivity contribution in [3.8, 4) is 5.75 Å². The molecular formula is C31H35N3O4S. The Bertz CT molecular complexity index is 1400. The number of Topliss-reactive ketones (excluding diaryl/α,β-unsaturated/α-hetero) is 1. The molecule has 0 bridgehead atoms. The molecule has 7 nitrogen and oxygen atoms in total. The summed E-state index contributed by atoms with van der Waals surface area (Å²) in [5.74, 6) is -1.16. The van der Waals surface area contributed by atoms with Gasteiger partial charge in [0.2, 0.25) is 0 Å². The predicted molar refractivity (Wildman–Crippen MR) is 157 cm³/mol. The third-order valence-electron chi connectivity index (χ3n) is 7.57. The lowest BCUT2D eigenvalue weighted by Crippen LogP contribution is -2.44. The van der Waals surface area contributed by atoms with Gasteiger partial charge in [0, 0.05) is 42.4 Å². The van der Waals surface area contributed by atoms with Crippen molar-refractivity contribution in [2.24, 2.45) is 0 Å². The number of aliphatic hydroxyl groups excluding tert-OH is 1. The van der Waals surface area contributed by atoms with E-state index in [0.717, 1.165) is 42.3 Å². The number of anilines is 2. The van der Waals surface area contributed by atoms with E-state index >= 15 is 0 Å². The van der Waals surface area contributed by atoms with Gasteiger partial charge in [0.05, 0.1) is 18.2 Å². The van der Waals surface area contributed by atoms with Crippen LogP contribution >= 0.6 is 11.3 Å². The quantitative estimate of drug-likeness (QED) is 0.262. The van der Waals surface area contributed by atoms with Crippen LogP contribution in [0.1, 0.15) is 42.8 Å². The molecule has 5 rings (SSSR count). The second-order valence-corrected chi connectivity index (χ2v) is 12.1. The van der Waals surface area contributed by atoms with E-state index in [2.05, 4.69) is 37.6 Å². The Labute approximate surface area is 233 Å². The molecule has 2 aliphatic heterocycles. The second-order valence-electron chi connectivity index (χ2n) is 11.2. The Morgan fingerprint density at radius 2 is 1.64 bits per heavy atom. The Hall–Kier alpha value is -3.62. The molecule has 0 saturated carbocycles. The van der Waals surface area contributed by atoms with Gasteiger partial charge in [0.1, 0.15) is 17.6 Å². The zero-order valence-corrected chi connectivity index (χ0v) is 23.9. The number of rotatable bonds is 5. The fourth-order valence-corrected chi connectivity index (χ4v) is 6.03. The van der Waals surface area contributed by atoms with E-state index in [1.807, 2.05) is 53.9 Å². The third-order valence-corrected chi connectivity index (χ3v) is 8.50. The number of benzene rings is 2. The van der Waals surface area contributed by atoms with Crippen LogP contribution in [0, 0.1) is 0 Å². The number of hydrogen-bond donors (Lipinski definition) is 1. The number of piperazine rings is 1. The van der Waals surface area contributed by atoms with Crippen molar-refractivity contribution < 1.29 is 19.4 Å². The van der Waals surface area contributed by atoms with E-state index < -0.39 is 17.7 Å². The number of thiophene rings is 1. The average molecular weight is 546 g/mol. The highest BCUT2D eigenvalue weighted by molar-refractivity contribution is 7.10. The lowest BCUT2D eigenvalue weighted by molar-refractivity contribution is -0.132. The maximum atomic E-state index is 13.6. The summed E-state index contributed by atoms with van der Waals surface area (Å²) in [4.78, 5) is 34.1. The van der Waals surface area contributed by atoms with Gasteiger partial charge in [0.25, 0.3) is 11.7 Å². The topological polar surface area (TPSA) is 73.3 Å². The van der Waals surface area contributed by atoms with Gasteiger partial charge >= 0.3 is 0 Å². The maximum Gasteiger partial charge on any atom is 0.300 e. The van der Waals surface area contributed by atoms with Gasteiger partial charge in [-0.25, -0.2) is 0 Å². The van der Waals surface area contributed by atoms with Crippen LogP contribution < -0.4 is 14.5 Å². The number of methoxy groups -OCH3 is 1. The second kappa shape index (κ2) is 10.5. The molecule has 2 fully saturated rings. The molecular weight excluding hydrogens is 510 g/mol. The van der Waals surface area contributed by atoms with E-state index in [0.29, 0.717) is 17.0 Å². The molecule has 1 aromatic heterocycles. The summed E-state index contributed by atoms with van der Waals surface area (Å²) in [5.41, 5.74) is 2.95. The minimum absolute atomic E-state index is 0.0648. The highest BCUT2D eigenvalue weighted by Crippen LogP contribution is 2.45. The number of hydrogen-bond acceptors (Lipinski definition) is 7. The van der Waals surface area contributed by atoms with E-state index in [1.54, 1.807) is 6.07 Å². The van der Waals surface area contributed by atoms with Crippen LogP contribution in [-0.4, -0.2) is 62.0 Å². The van der Waals surface area contributed by atoms with Crippen molar-refractivity contribution in [3.05, 3.63) is 81.6 Å². The number of aliphatic hydroxyl groups is 1. The number of amides is 1. The lowest BCUT2D eigenvalue weighted by Gasteiger charge is -2.34. The zero-order valence-electron chi connectivity index (χ0n) is 23.1. The van der Waals surface area contributed by atoms with Crippen molar-refractivity contribution >= 4 is 40.2 Å². The van der Waals surface area contributed by atoms with Crippen LogP contribution in [0.25, 0.3) is 5.76 Å². The van der Waals surface area contributed by atoms with Gasteiger partial charge in [0.15, 0.2) is 0 Å². The van der Waals surface area contributed by atoms with Crippen molar-refractivity contribution in [2.45, 2.75) is 32.2 Å². The van der Waals surface area contributed by atoms with Crippen molar-refractivity contribution in [1.82, 2.24) is 4.90 Å². The molecule has 0 spiro atoms. The van der Waals surface area contributed by atoms with Crippen molar-refractivity contribution in [2.75, 3.05) is 50.1 Å². The Morgan fingerprint density at radius 3 is 2.23 bits per heavy atom. The molecule has 39 heavy (non-hydrogen) atoms. The fraction of sp³-hybridized carbons (Fsp3) is 0.355. The molecule has 1 N–H and O–H groups in total. The summed E-state index contributed by atoms with van der Waals surface area (Å²) in [6.45, 7) is 10.1. The first kappa shape index (κ1) is 27.0. The largest absolute Gasteiger partial charge is 0.507 e. The lowest BCUT2D eigenvalue weighted by atomic mass is 9.85. The van der Waals surface area contributed by atoms with E-state index in [1.165, 1.54) is 23.3 Å². The van der Waals surface area contributed by atoms with Crippen LogP contribution in [0.15, 0.2) is 65.6 Å². The summed E-state index contributed by atoms with van der Waals surface area (Å²) in [6, 6.07) is 16.4. The normalized spacial score (nSPS) is 20.1. The van der Waals surface area contributed by atoms with Gasteiger partial charge in [-0.15, -0.1) is 11.3 Å². The van der Waals surface area contributed by atoms with Gasteiger partial charge < -0.3 is 19.6 Å². The molecule has 3 aromatic rings. The van der Waals surface area contributed by atoms with E-state index in [9.17, 15) is 14.7 Å². The molecule has 0 aliphatic carbocycles. The molecule has 1 unspecified atom stereocenters. The van der Waals surface area contributed by atoms with E-state index in [-0.39, 0.29) is 16.7 Å². The number of carbonyl (C=O) groups is 2. The minimum atomic E-state index is -0.748. The number of ether oxygens (including phenoxy) is 1. The Kier molecular flexibility index (Phi) is 7.27. The summed E-state index contributed by atoms with van der Waals surface area (Å²) >= 11 is 1.45. The first-order chi connectivity index (χ1) is 18.6. The summed E-state index contributed by atoms with van der Waals surface area (Å²) < 4.78 is 5.56. The summed E-state index contributed by atoms with van der Waals surface area (Å²) in [6.07, 6.45) is 0. The molecule has 2 aromatic carbocycles. The molecule has 204 valence electrons. The minimum Gasteiger partial charge on any atom is -0.507 e. The summed E-state index contributed by atoms with van der Waals surface area (Å²) in [7, 11) is 3.65.